The third kappa shape index (κ3) is 3.82. The maximum Gasteiger partial charge on any atom is 0.264 e. The van der Waals surface area contributed by atoms with Crippen LogP contribution in [0, 0.1) is 0 Å². The lowest BCUT2D eigenvalue weighted by Crippen LogP contribution is -1.92. The summed E-state index contributed by atoms with van der Waals surface area (Å²) in [7, 11) is 0. The molecule has 0 fully saturated rings. The predicted molar refractivity (Wildman–Crippen MR) is 11.6 cm³/mol. The Morgan fingerprint density at radius 3 is 2.20 bits per heavy atom. The second kappa shape index (κ2) is 2.08. The molecule has 0 aliphatic rings. The van der Waals surface area contributed by atoms with Gasteiger partial charge in [0, 0.05) is 0 Å². The van der Waals surface area contributed by atoms with Gasteiger partial charge >= 0.3 is 0 Å². The Morgan fingerprint density at radius 1 is 2.00 bits per heavy atom. The van der Waals surface area contributed by atoms with Crippen LogP contribution in [0.5, 0.6) is 0 Å². The van der Waals surface area contributed by atoms with E-state index in [2.05, 4.69) is 0 Å². The zero-order chi connectivity index (χ0) is 6.08. The Bertz CT molecular complexity index is 59.2. The molecule has 0 aliphatic carbocycles. The molecular weight excluding hydrogens is 78.0 g/mol. The van der Waals surface area contributed by atoms with Crippen molar-refractivity contribution in [3.63, 3.8) is 0 Å². The number of rotatable bonds is 1. The van der Waals surface area contributed by atoms with Gasteiger partial charge in [-0.25, -0.2) is 13.9 Å². The van der Waals surface area contributed by atoms with Gasteiger partial charge in [0.2, 0.25) is 0 Å². The van der Waals surface area contributed by atoms with E-state index in [-0.39, 0.29) is 0 Å². The fourth-order valence-electron chi connectivity index (χ4n) is 0. The third-order valence-corrected chi connectivity index (χ3v) is 0.0891. The molecule has 0 bridgehead atoms. The average Bonchev–Trinajstić information content (AvgIpc) is 1.31. The van der Waals surface area contributed by atoms with E-state index in [1.54, 1.807) is 0 Å². The number of hydrogen-bond acceptors (Lipinski definition) is 0. The SMILES string of the molecule is [2H]C([2H])([O])C(F)F. The summed E-state index contributed by atoms with van der Waals surface area (Å²) in [4.78, 5) is 0. The normalized spacial score (nSPS) is 18.4. The maximum atomic E-state index is 10.9. The summed E-state index contributed by atoms with van der Waals surface area (Å²) >= 11 is 0. The van der Waals surface area contributed by atoms with Crippen LogP contribution < -0.4 is 0 Å². The Morgan fingerprint density at radius 2 is 2.20 bits per heavy atom. The Hall–Kier alpha value is -0.180. The molecule has 0 atom stereocenters. The molecule has 0 unspecified atom stereocenters. The van der Waals surface area contributed by atoms with Crippen LogP contribution in [0.4, 0.5) is 8.78 Å². The van der Waals surface area contributed by atoms with Crippen molar-refractivity contribution in [1.82, 2.24) is 0 Å². The average molecular weight is 83.1 g/mol. The smallest absolute Gasteiger partial charge is 0.230 e. The summed E-state index contributed by atoms with van der Waals surface area (Å²) in [6.07, 6.45) is -3.42. The van der Waals surface area contributed by atoms with E-state index in [9.17, 15) is 13.9 Å². The van der Waals surface area contributed by atoms with Crippen molar-refractivity contribution in [2.75, 3.05) is 6.56 Å². The minimum absolute atomic E-state index is 3.42. The Kier molecular flexibility index (Phi) is 0.865. The largest absolute Gasteiger partial charge is 0.264 e. The highest BCUT2D eigenvalue weighted by Crippen LogP contribution is 1.85. The summed E-state index contributed by atoms with van der Waals surface area (Å²) in [5.74, 6) is 0. The summed E-state index contributed by atoms with van der Waals surface area (Å²) < 4.78 is 33.2. The van der Waals surface area contributed by atoms with E-state index < -0.39 is 13.0 Å². The van der Waals surface area contributed by atoms with E-state index in [0.29, 0.717) is 0 Å². The number of hydrogen-bond donors (Lipinski definition) is 0. The summed E-state index contributed by atoms with van der Waals surface area (Å²) in [6.45, 7) is -3.58. The maximum absolute atomic E-state index is 10.9. The summed E-state index contributed by atoms with van der Waals surface area (Å²) in [6, 6.07) is 0. The second-order valence-corrected chi connectivity index (χ2v) is 0.419. The van der Waals surface area contributed by atoms with Crippen molar-refractivity contribution >= 4 is 0 Å². The molecule has 0 aromatic carbocycles. The molecular formula is C2H3F2O. The van der Waals surface area contributed by atoms with Crippen LogP contribution in [0.1, 0.15) is 2.74 Å². The van der Waals surface area contributed by atoms with Gasteiger partial charge < -0.3 is 0 Å². The molecule has 0 saturated heterocycles. The summed E-state index contributed by atoms with van der Waals surface area (Å²) in [5, 5.41) is 9.39. The molecule has 0 aromatic heterocycles. The van der Waals surface area contributed by atoms with Crippen LogP contribution in [0.3, 0.4) is 0 Å². The monoisotopic (exact) mass is 83.0 g/mol. The van der Waals surface area contributed by atoms with E-state index >= 15 is 0 Å². The quantitative estimate of drug-likeness (QED) is 0.444. The molecule has 0 spiro atoms. The van der Waals surface area contributed by atoms with Gasteiger partial charge in [0.25, 0.3) is 6.43 Å². The highest BCUT2D eigenvalue weighted by atomic mass is 19.3. The minimum Gasteiger partial charge on any atom is -0.230 e. The lowest BCUT2D eigenvalue weighted by molar-refractivity contribution is 0.0329. The van der Waals surface area contributed by atoms with Gasteiger partial charge in [-0.3, -0.25) is 0 Å². The van der Waals surface area contributed by atoms with E-state index in [1.807, 2.05) is 0 Å². The zero-order valence-electron chi connectivity index (χ0n) is 4.24. The molecule has 0 aliphatic heterocycles. The first-order valence-electron chi connectivity index (χ1n) is 1.93. The van der Waals surface area contributed by atoms with Crippen molar-refractivity contribution in [2.45, 2.75) is 6.43 Å². The van der Waals surface area contributed by atoms with Gasteiger partial charge in [0.1, 0.15) is 6.56 Å². The lowest BCUT2D eigenvalue weighted by atomic mass is 10.8. The molecule has 31 valence electrons. The highest BCUT2D eigenvalue weighted by Gasteiger charge is 1.94. The van der Waals surface area contributed by atoms with Crippen LogP contribution in [-0.4, -0.2) is 13.0 Å². The van der Waals surface area contributed by atoms with Gasteiger partial charge in [0.05, 0.1) is 2.74 Å². The molecule has 3 heteroatoms. The first-order chi connectivity index (χ1) is 2.94. The Balaban J connectivity index is 3.54. The fraction of sp³-hybridized carbons (Fsp3) is 1.00. The van der Waals surface area contributed by atoms with Crippen LogP contribution in [-0.2, 0) is 5.11 Å². The molecule has 0 aromatic rings. The molecule has 5 heavy (non-hydrogen) atoms. The van der Waals surface area contributed by atoms with Crippen molar-refractivity contribution in [2.24, 2.45) is 0 Å². The first kappa shape index (κ1) is 2.08. The molecule has 0 amide bonds. The molecule has 0 rings (SSSR count). The van der Waals surface area contributed by atoms with Gasteiger partial charge in [-0.1, -0.05) is 0 Å². The molecule has 0 heterocycles. The van der Waals surface area contributed by atoms with Crippen LogP contribution in [0.15, 0.2) is 0 Å². The van der Waals surface area contributed by atoms with Crippen molar-refractivity contribution in [1.29, 1.82) is 0 Å². The summed E-state index contributed by atoms with van der Waals surface area (Å²) in [5.41, 5.74) is 0. The highest BCUT2D eigenvalue weighted by molar-refractivity contribution is 4.22. The van der Waals surface area contributed by atoms with Crippen molar-refractivity contribution in [3.8, 4) is 0 Å². The van der Waals surface area contributed by atoms with E-state index in [4.69, 9.17) is 2.74 Å². The zero-order valence-corrected chi connectivity index (χ0v) is 2.24. The molecule has 1 nitrogen and oxygen atoms in total. The van der Waals surface area contributed by atoms with Crippen LogP contribution >= 0.6 is 0 Å². The van der Waals surface area contributed by atoms with Gasteiger partial charge in [-0.2, -0.15) is 0 Å². The minimum atomic E-state index is -3.58. The van der Waals surface area contributed by atoms with E-state index in [1.165, 1.54) is 0 Å². The van der Waals surface area contributed by atoms with E-state index in [0.717, 1.165) is 0 Å². The Labute approximate surface area is 31.0 Å². The van der Waals surface area contributed by atoms with Crippen LogP contribution in [0.25, 0.3) is 0 Å². The predicted octanol–water partition coefficient (Wildman–Crippen LogP) is 0.682. The van der Waals surface area contributed by atoms with Gasteiger partial charge in [-0.05, 0) is 0 Å². The van der Waals surface area contributed by atoms with Crippen molar-refractivity contribution < 1.29 is 16.6 Å². The van der Waals surface area contributed by atoms with Gasteiger partial charge in [-0.15, -0.1) is 0 Å². The van der Waals surface area contributed by atoms with Gasteiger partial charge in [0.15, 0.2) is 0 Å². The molecule has 0 saturated carbocycles. The lowest BCUT2D eigenvalue weighted by Gasteiger charge is -1.78. The van der Waals surface area contributed by atoms with Crippen LogP contribution in [0.2, 0.25) is 0 Å². The number of halogens is 2. The molecule has 1 radical (unpaired) electrons. The number of alkyl halides is 2. The third-order valence-electron chi connectivity index (χ3n) is 0.0891. The first-order valence-corrected chi connectivity index (χ1v) is 0.929. The second-order valence-electron chi connectivity index (χ2n) is 0.419. The topological polar surface area (TPSA) is 19.9 Å². The molecule has 0 N–H and O–H groups in total. The standard InChI is InChI=1S/C2H3F2O/c3-2(4)1-5/h2H,1H2/i1D2. The fourth-order valence-corrected chi connectivity index (χ4v) is 0. The van der Waals surface area contributed by atoms with Crippen molar-refractivity contribution in [3.05, 3.63) is 0 Å².